The number of aliphatic carboxylic acids is 1. The van der Waals surface area contributed by atoms with Crippen LogP contribution in [0, 0.1) is 22.2 Å². The lowest BCUT2D eigenvalue weighted by Crippen LogP contribution is -2.59. The Morgan fingerprint density at radius 1 is 1.28 bits per heavy atom. The topological polar surface area (TPSA) is 46.5 Å². The monoisotopic (exact) mass is 252 g/mol. The minimum atomic E-state index is -0.557. The molecule has 0 radical (unpaired) electrons. The molecule has 4 aliphatic rings. The SMILES string of the molecule is CCOC[C@]12CC3CC(C(=O)O)(C[C@](C)(C3)C1)C2. The molecule has 4 saturated carbocycles. The standard InChI is InChI=1S/C15H24O3/c1-3-18-10-14-5-11-4-13(2,7-14)8-15(6-11,9-14)12(16)17/h11H,3-10H2,1-2H3,(H,16,17)/t11?,13-,14-,15?/m1/s1. The lowest BCUT2D eigenvalue weighted by Gasteiger charge is -2.64. The molecule has 0 aromatic heterocycles. The maximum absolute atomic E-state index is 11.8. The van der Waals surface area contributed by atoms with Crippen LogP contribution in [-0.2, 0) is 9.53 Å². The Bertz CT molecular complexity index is 380. The normalized spacial score (nSPS) is 49.6. The van der Waals surface area contributed by atoms with Gasteiger partial charge in [-0.3, -0.25) is 4.79 Å². The van der Waals surface area contributed by atoms with Crippen LogP contribution in [-0.4, -0.2) is 24.3 Å². The highest BCUT2D eigenvalue weighted by Crippen LogP contribution is 2.69. The van der Waals surface area contributed by atoms with Crippen LogP contribution in [0.2, 0.25) is 0 Å². The van der Waals surface area contributed by atoms with Crippen molar-refractivity contribution < 1.29 is 14.6 Å². The van der Waals surface area contributed by atoms with E-state index in [1.54, 1.807) is 0 Å². The molecular weight excluding hydrogens is 228 g/mol. The summed E-state index contributed by atoms with van der Waals surface area (Å²) >= 11 is 0. The second kappa shape index (κ2) is 3.72. The average molecular weight is 252 g/mol. The van der Waals surface area contributed by atoms with Gasteiger partial charge in [-0.25, -0.2) is 0 Å². The molecule has 4 fully saturated rings. The maximum Gasteiger partial charge on any atom is 0.309 e. The van der Waals surface area contributed by atoms with Crippen molar-refractivity contribution in [3.8, 4) is 0 Å². The van der Waals surface area contributed by atoms with Gasteiger partial charge in [-0.15, -0.1) is 0 Å². The number of rotatable bonds is 4. The summed E-state index contributed by atoms with van der Waals surface area (Å²) in [6, 6.07) is 0. The van der Waals surface area contributed by atoms with Gasteiger partial charge in [0.25, 0.3) is 0 Å². The van der Waals surface area contributed by atoms with Gasteiger partial charge < -0.3 is 9.84 Å². The summed E-state index contributed by atoms with van der Waals surface area (Å²) in [6.07, 6.45) is 6.24. The Morgan fingerprint density at radius 2 is 2.06 bits per heavy atom. The summed E-state index contributed by atoms with van der Waals surface area (Å²) < 4.78 is 5.70. The van der Waals surface area contributed by atoms with Crippen molar-refractivity contribution in [1.82, 2.24) is 0 Å². The third-order valence-corrected chi connectivity index (χ3v) is 5.53. The third-order valence-electron chi connectivity index (χ3n) is 5.53. The summed E-state index contributed by atoms with van der Waals surface area (Å²) in [5.74, 6) is 0.0569. The fourth-order valence-electron chi connectivity index (χ4n) is 5.86. The Hall–Kier alpha value is -0.570. The van der Waals surface area contributed by atoms with Crippen molar-refractivity contribution >= 4 is 5.97 Å². The molecule has 4 rings (SSSR count). The van der Waals surface area contributed by atoms with Crippen LogP contribution >= 0.6 is 0 Å². The van der Waals surface area contributed by atoms with Gasteiger partial charge in [0.05, 0.1) is 12.0 Å². The third kappa shape index (κ3) is 1.70. The maximum atomic E-state index is 11.8. The van der Waals surface area contributed by atoms with Gasteiger partial charge in [0, 0.05) is 6.61 Å². The molecule has 1 N–H and O–H groups in total. The summed E-state index contributed by atoms with van der Waals surface area (Å²) in [4.78, 5) is 11.8. The fraction of sp³-hybridized carbons (Fsp3) is 0.933. The highest BCUT2D eigenvalue weighted by atomic mass is 16.5. The Balaban J connectivity index is 1.93. The number of carboxylic acid groups (broad SMARTS) is 1. The molecule has 0 spiro atoms. The van der Waals surface area contributed by atoms with Crippen molar-refractivity contribution in [2.24, 2.45) is 22.2 Å². The second-order valence-electron chi connectivity index (χ2n) is 7.54. The van der Waals surface area contributed by atoms with Gasteiger partial charge in [-0.1, -0.05) is 6.92 Å². The zero-order valence-corrected chi connectivity index (χ0v) is 11.5. The second-order valence-corrected chi connectivity index (χ2v) is 7.54. The Labute approximate surface area is 109 Å². The van der Waals surface area contributed by atoms with Crippen LogP contribution in [0.25, 0.3) is 0 Å². The first-order valence-corrected chi connectivity index (χ1v) is 7.22. The van der Waals surface area contributed by atoms with Gasteiger partial charge >= 0.3 is 5.97 Å². The van der Waals surface area contributed by atoms with Crippen LogP contribution in [0.3, 0.4) is 0 Å². The van der Waals surface area contributed by atoms with Crippen molar-refractivity contribution in [3.05, 3.63) is 0 Å². The minimum Gasteiger partial charge on any atom is -0.481 e. The number of carbonyl (C=O) groups is 1. The lowest BCUT2D eigenvalue weighted by atomic mass is 9.40. The van der Waals surface area contributed by atoms with E-state index in [2.05, 4.69) is 6.92 Å². The molecule has 4 aliphatic carbocycles. The van der Waals surface area contributed by atoms with Gasteiger partial charge in [0.1, 0.15) is 0 Å². The predicted molar refractivity (Wildman–Crippen MR) is 68.3 cm³/mol. The number of hydrogen-bond donors (Lipinski definition) is 1. The van der Waals surface area contributed by atoms with E-state index in [0.717, 1.165) is 32.5 Å². The van der Waals surface area contributed by atoms with E-state index in [1.807, 2.05) is 6.92 Å². The number of carboxylic acids is 1. The zero-order valence-electron chi connectivity index (χ0n) is 11.5. The molecule has 4 atom stereocenters. The first-order valence-electron chi connectivity index (χ1n) is 7.22. The van der Waals surface area contributed by atoms with E-state index in [-0.39, 0.29) is 10.8 Å². The van der Waals surface area contributed by atoms with Crippen LogP contribution in [0.4, 0.5) is 0 Å². The van der Waals surface area contributed by atoms with E-state index in [1.165, 1.54) is 19.3 Å². The van der Waals surface area contributed by atoms with Crippen LogP contribution in [0.15, 0.2) is 0 Å². The van der Waals surface area contributed by atoms with Crippen molar-refractivity contribution in [3.63, 3.8) is 0 Å². The predicted octanol–water partition coefficient (Wildman–Crippen LogP) is 3.08. The first-order chi connectivity index (χ1) is 8.41. The molecule has 4 bridgehead atoms. The van der Waals surface area contributed by atoms with Gasteiger partial charge in [-0.05, 0) is 62.2 Å². The molecule has 0 aliphatic heterocycles. The molecule has 2 unspecified atom stereocenters. The summed E-state index contributed by atoms with van der Waals surface area (Å²) in [7, 11) is 0. The van der Waals surface area contributed by atoms with Crippen LogP contribution in [0.1, 0.15) is 52.4 Å². The highest BCUT2D eigenvalue weighted by molar-refractivity contribution is 5.75. The van der Waals surface area contributed by atoms with Crippen LogP contribution < -0.4 is 0 Å². The molecule has 3 nitrogen and oxygen atoms in total. The summed E-state index contributed by atoms with van der Waals surface area (Å²) in [5.41, 5.74) is -0.0389. The molecule has 0 saturated heterocycles. The molecule has 102 valence electrons. The fourth-order valence-corrected chi connectivity index (χ4v) is 5.86. The van der Waals surface area contributed by atoms with E-state index in [4.69, 9.17) is 4.74 Å². The van der Waals surface area contributed by atoms with E-state index < -0.39 is 11.4 Å². The average Bonchev–Trinajstić information content (AvgIpc) is 2.23. The number of ether oxygens (including phenoxy) is 1. The van der Waals surface area contributed by atoms with Crippen LogP contribution in [0.5, 0.6) is 0 Å². The molecule has 0 aromatic rings. The Morgan fingerprint density at radius 3 is 2.67 bits per heavy atom. The number of hydrogen-bond acceptors (Lipinski definition) is 2. The minimum absolute atomic E-state index is 0.155. The van der Waals surface area contributed by atoms with E-state index in [0.29, 0.717) is 5.92 Å². The Kier molecular flexibility index (Phi) is 2.58. The van der Waals surface area contributed by atoms with E-state index >= 15 is 0 Å². The molecule has 18 heavy (non-hydrogen) atoms. The summed E-state index contributed by atoms with van der Waals surface area (Å²) in [6.45, 7) is 5.83. The van der Waals surface area contributed by atoms with Gasteiger partial charge in [0.2, 0.25) is 0 Å². The zero-order chi connectivity index (χ0) is 13.0. The van der Waals surface area contributed by atoms with Crippen molar-refractivity contribution in [2.45, 2.75) is 52.4 Å². The van der Waals surface area contributed by atoms with E-state index in [9.17, 15) is 9.90 Å². The molecule has 0 aromatic carbocycles. The van der Waals surface area contributed by atoms with Gasteiger partial charge in [-0.2, -0.15) is 0 Å². The lowest BCUT2D eigenvalue weighted by molar-refractivity contribution is -0.197. The molecule has 0 amide bonds. The smallest absolute Gasteiger partial charge is 0.309 e. The van der Waals surface area contributed by atoms with Crippen molar-refractivity contribution in [2.75, 3.05) is 13.2 Å². The largest absolute Gasteiger partial charge is 0.481 e. The molecule has 3 heteroatoms. The van der Waals surface area contributed by atoms with Crippen molar-refractivity contribution in [1.29, 1.82) is 0 Å². The molecule has 0 heterocycles. The molecular formula is C15H24O3. The summed E-state index contributed by atoms with van der Waals surface area (Å²) in [5, 5.41) is 9.69. The highest BCUT2D eigenvalue weighted by Gasteiger charge is 2.64. The van der Waals surface area contributed by atoms with Gasteiger partial charge in [0.15, 0.2) is 0 Å². The quantitative estimate of drug-likeness (QED) is 0.836. The first kappa shape index (κ1) is 12.5.